The van der Waals surface area contributed by atoms with E-state index in [-0.39, 0.29) is 42.6 Å². The number of aliphatic hydroxyl groups is 1. The zero-order valence-electron chi connectivity index (χ0n) is 22.2. The lowest BCUT2D eigenvalue weighted by Crippen LogP contribution is -2.50. The Labute approximate surface area is 245 Å². The van der Waals surface area contributed by atoms with Crippen LogP contribution in [0.1, 0.15) is 16.1 Å². The van der Waals surface area contributed by atoms with Gasteiger partial charge in [0, 0.05) is 25.0 Å². The molecule has 5 aromatic rings. The molecule has 0 aliphatic heterocycles. The van der Waals surface area contributed by atoms with Crippen LogP contribution in [0.3, 0.4) is 0 Å². The maximum atomic E-state index is 13.9. The van der Waals surface area contributed by atoms with Crippen molar-refractivity contribution >= 4 is 44.6 Å². The average molecular weight is 609 g/mol. The van der Waals surface area contributed by atoms with E-state index in [0.717, 1.165) is 14.7 Å². The molecule has 2 unspecified atom stereocenters. The number of hydrogen-bond acceptors (Lipinski definition) is 11. The zero-order valence-corrected chi connectivity index (χ0v) is 23.9. The summed E-state index contributed by atoms with van der Waals surface area (Å²) in [5, 5.41) is 14.2. The molecule has 0 aliphatic carbocycles. The van der Waals surface area contributed by atoms with Crippen LogP contribution >= 0.6 is 11.3 Å². The number of hydrogen-bond donors (Lipinski definition) is 3. The van der Waals surface area contributed by atoms with Crippen LogP contribution in [-0.2, 0) is 34.3 Å². The van der Waals surface area contributed by atoms with Gasteiger partial charge in [-0.1, -0.05) is 36.4 Å². The van der Waals surface area contributed by atoms with Gasteiger partial charge in [-0.2, -0.15) is 9.29 Å². The van der Waals surface area contributed by atoms with Crippen LogP contribution in [0.4, 0.5) is 10.8 Å². The molecule has 0 aliphatic rings. The number of rotatable bonds is 12. The van der Waals surface area contributed by atoms with Crippen LogP contribution in [0.25, 0.3) is 11.1 Å². The maximum absolute atomic E-state index is 13.9. The molecule has 0 fully saturated rings. The zero-order chi connectivity index (χ0) is 29.5. The highest BCUT2D eigenvalue weighted by molar-refractivity contribution is 7.89. The molecule has 1 amide bonds. The van der Waals surface area contributed by atoms with Crippen molar-refractivity contribution in [3.05, 3.63) is 101 Å². The van der Waals surface area contributed by atoms with Gasteiger partial charge in [-0.15, -0.1) is 11.3 Å². The molecule has 0 bridgehead atoms. The van der Waals surface area contributed by atoms with Crippen molar-refractivity contribution in [1.82, 2.24) is 24.6 Å². The number of ether oxygens (including phenoxy) is 1. The van der Waals surface area contributed by atoms with E-state index in [1.807, 2.05) is 30.3 Å². The number of anilines is 1. The first-order valence-corrected chi connectivity index (χ1v) is 15.2. The van der Waals surface area contributed by atoms with Gasteiger partial charge in [0.15, 0.2) is 5.58 Å². The van der Waals surface area contributed by atoms with Gasteiger partial charge in [0.2, 0.25) is 10.0 Å². The third kappa shape index (κ3) is 7.28. The Bertz CT molecular complexity index is 1720. The second-order valence-electron chi connectivity index (χ2n) is 9.35. The molecule has 14 heteroatoms. The van der Waals surface area contributed by atoms with Crippen LogP contribution in [0.2, 0.25) is 0 Å². The highest BCUT2D eigenvalue weighted by Gasteiger charge is 2.32. The topological polar surface area (TPSA) is 174 Å². The molecule has 4 N–H and O–H groups in total. The molecule has 0 saturated carbocycles. The number of oxazole rings is 1. The number of pyridine rings is 1. The quantitative estimate of drug-likeness (QED) is 0.191. The third-order valence-corrected chi connectivity index (χ3v) is 8.93. The fraction of sp³-hybridized carbons (Fsp3) is 0.214. The summed E-state index contributed by atoms with van der Waals surface area (Å²) >= 11 is 1.34. The molecule has 3 heterocycles. The summed E-state index contributed by atoms with van der Waals surface area (Å²) < 4.78 is 39.7. The monoisotopic (exact) mass is 608 g/mol. The summed E-state index contributed by atoms with van der Waals surface area (Å²) in [5.41, 5.74) is 9.18. The minimum Gasteiger partial charge on any atom is -0.444 e. The molecule has 5 rings (SSSR count). The Balaban J connectivity index is 1.41. The normalized spacial score (nSPS) is 13.2. The summed E-state index contributed by atoms with van der Waals surface area (Å²) in [6.45, 7) is -0.480. The van der Waals surface area contributed by atoms with Crippen molar-refractivity contribution in [3.8, 4) is 0 Å². The molecule has 2 aromatic carbocycles. The smallest absolute Gasteiger partial charge is 0.407 e. The lowest BCUT2D eigenvalue weighted by Gasteiger charge is -2.29. The highest BCUT2D eigenvalue weighted by Crippen LogP contribution is 2.25. The van der Waals surface area contributed by atoms with Crippen molar-refractivity contribution in [2.45, 2.75) is 36.6 Å². The van der Waals surface area contributed by atoms with Gasteiger partial charge in [-0.3, -0.25) is 9.97 Å². The van der Waals surface area contributed by atoms with Gasteiger partial charge >= 0.3 is 6.09 Å². The molecule has 2 atom stereocenters. The minimum absolute atomic E-state index is 0.0134. The Hall–Kier alpha value is -4.37. The number of carbonyl (C=O) groups excluding carboxylic acids is 1. The number of thiazole rings is 1. The predicted octanol–water partition coefficient (Wildman–Crippen LogP) is 3.35. The largest absolute Gasteiger partial charge is 0.444 e. The average Bonchev–Trinajstić information content (AvgIpc) is 3.65. The lowest BCUT2D eigenvalue weighted by atomic mass is 10.0. The standard InChI is InChI=1S/C28H28N6O6S2/c29-27-32-23-10-9-22(13-26(23)40-27)42(37,38)34(15-20-8-4-5-11-31-20)16-25(35)24(12-19-6-2-1-3-7-19)33-28(36)39-17-21-14-30-18-41-21/h1-11,13-14,18,24-25,35H,12,15-17H2,(H2,29,32)(H,33,36). The van der Waals surface area contributed by atoms with Crippen molar-refractivity contribution in [1.29, 1.82) is 0 Å². The van der Waals surface area contributed by atoms with E-state index in [0.29, 0.717) is 11.2 Å². The van der Waals surface area contributed by atoms with Crippen LogP contribution in [0, 0.1) is 0 Å². The summed E-state index contributed by atoms with van der Waals surface area (Å²) in [6.07, 6.45) is 1.29. The van der Waals surface area contributed by atoms with E-state index in [1.54, 1.807) is 36.1 Å². The van der Waals surface area contributed by atoms with E-state index in [1.165, 1.54) is 29.5 Å². The molecule has 0 radical (unpaired) electrons. The molecular formula is C28H28N6O6S2. The number of alkyl carbamates (subject to hydrolysis) is 1. The number of aliphatic hydroxyl groups excluding tert-OH is 1. The van der Waals surface area contributed by atoms with E-state index in [9.17, 15) is 18.3 Å². The summed E-state index contributed by atoms with van der Waals surface area (Å²) in [7, 11) is -4.20. The molecule has 218 valence electrons. The number of nitrogens with one attached hydrogen (secondary N) is 1. The van der Waals surface area contributed by atoms with Gasteiger partial charge in [0.05, 0.1) is 39.7 Å². The van der Waals surface area contributed by atoms with Crippen LogP contribution in [-0.4, -0.2) is 57.6 Å². The Morgan fingerprint density at radius 3 is 2.69 bits per heavy atom. The van der Waals surface area contributed by atoms with Crippen LogP contribution in [0.15, 0.2) is 93.9 Å². The van der Waals surface area contributed by atoms with Crippen molar-refractivity contribution in [2.75, 3.05) is 12.3 Å². The van der Waals surface area contributed by atoms with Crippen molar-refractivity contribution < 1.29 is 27.5 Å². The van der Waals surface area contributed by atoms with Crippen LogP contribution < -0.4 is 11.1 Å². The summed E-state index contributed by atoms with van der Waals surface area (Å²) in [4.78, 5) is 25.7. The van der Waals surface area contributed by atoms with E-state index < -0.39 is 28.3 Å². The lowest BCUT2D eigenvalue weighted by molar-refractivity contribution is 0.0880. The molecule has 42 heavy (non-hydrogen) atoms. The number of benzene rings is 2. The fourth-order valence-electron chi connectivity index (χ4n) is 4.28. The summed E-state index contributed by atoms with van der Waals surface area (Å²) in [5.74, 6) is 0. The Morgan fingerprint density at radius 2 is 1.95 bits per heavy atom. The van der Waals surface area contributed by atoms with E-state index >= 15 is 0 Å². The number of nitrogen functional groups attached to an aromatic ring is 1. The molecule has 0 spiro atoms. The first-order chi connectivity index (χ1) is 20.3. The van der Waals surface area contributed by atoms with Gasteiger partial charge in [-0.25, -0.2) is 13.2 Å². The maximum Gasteiger partial charge on any atom is 0.407 e. The Morgan fingerprint density at radius 1 is 1.14 bits per heavy atom. The molecule has 12 nitrogen and oxygen atoms in total. The van der Waals surface area contributed by atoms with Crippen LogP contribution in [0.5, 0.6) is 0 Å². The number of fused-ring (bicyclic) bond motifs is 1. The van der Waals surface area contributed by atoms with E-state index in [4.69, 9.17) is 14.9 Å². The number of nitrogens with two attached hydrogens (primary N) is 1. The molecule has 3 aromatic heterocycles. The molecular weight excluding hydrogens is 580 g/mol. The number of nitrogens with zero attached hydrogens (tertiary/aromatic N) is 4. The predicted molar refractivity (Wildman–Crippen MR) is 156 cm³/mol. The van der Waals surface area contributed by atoms with Gasteiger partial charge in [-0.05, 0) is 36.2 Å². The fourth-order valence-corrected chi connectivity index (χ4v) is 6.23. The highest BCUT2D eigenvalue weighted by atomic mass is 32.2. The first kappa shape index (κ1) is 29.1. The minimum atomic E-state index is -4.20. The van der Waals surface area contributed by atoms with Gasteiger partial charge in [0.25, 0.3) is 6.01 Å². The van der Waals surface area contributed by atoms with Crippen molar-refractivity contribution in [2.24, 2.45) is 0 Å². The second-order valence-corrected chi connectivity index (χ2v) is 12.3. The second kappa shape index (κ2) is 13.1. The first-order valence-electron chi connectivity index (χ1n) is 12.9. The molecule has 0 saturated heterocycles. The number of amides is 1. The summed E-state index contributed by atoms with van der Waals surface area (Å²) in [6, 6.07) is 17.6. The number of carbonyl (C=O) groups is 1. The third-order valence-electron chi connectivity index (χ3n) is 6.36. The van der Waals surface area contributed by atoms with Crippen molar-refractivity contribution in [3.63, 3.8) is 0 Å². The number of aromatic nitrogens is 3. The van der Waals surface area contributed by atoms with E-state index in [2.05, 4.69) is 20.3 Å². The van der Waals surface area contributed by atoms with Gasteiger partial charge in [0.1, 0.15) is 12.1 Å². The SMILES string of the molecule is Nc1nc2ccc(S(=O)(=O)N(Cc3ccccn3)CC(O)C(Cc3ccccc3)NC(=O)OCc3cncs3)cc2o1. The number of sulfonamides is 1. The Kier molecular flexibility index (Phi) is 9.07. The van der Waals surface area contributed by atoms with Gasteiger partial charge < -0.3 is 25.3 Å².